The lowest BCUT2D eigenvalue weighted by molar-refractivity contribution is -0.116. The van der Waals surface area contributed by atoms with Crippen LogP contribution in [0.15, 0.2) is 46.9 Å². The topological polar surface area (TPSA) is 41.1 Å². The van der Waals surface area contributed by atoms with Gasteiger partial charge in [-0.15, -0.1) is 0 Å². The maximum atomic E-state index is 11.9. The number of hydrogen-bond acceptors (Lipinski definition) is 2. The number of aryl methyl sites for hydroxylation is 1. The third-order valence-electron chi connectivity index (χ3n) is 3.43. The fraction of sp³-hybridized carbons (Fsp3) is 0.278. The number of nitrogens with one attached hydrogen (secondary N) is 2. The van der Waals surface area contributed by atoms with Crippen LogP contribution in [-0.4, -0.2) is 19.0 Å². The van der Waals surface area contributed by atoms with Gasteiger partial charge in [-0.05, 0) is 71.2 Å². The minimum atomic E-state index is 0.00791. The highest BCUT2D eigenvalue weighted by Gasteiger charge is 2.05. The van der Waals surface area contributed by atoms with Crippen molar-refractivity contribution in [1.29, 1.82) is 0 Å². The van der Waals surface area contributed by atoms with Gasteiger partial charge in [0.2, 0.25) is 5.91 Å². The van der Waals surface area contributed by atoms with Crippen molar-refractivity contribution in [2.45, 2.75) is 19.8 Å². The van der Waals surface area contributed by atoms with Crippen molar-refractivity contribution >= 4 is 39.1 Å². The molecule has 0 fully saturated rings. The molecule has 3 nitrogen and oxygen atoms in total. The van der Waals surface area contributed by atoms with E-state index in [0.717, 1.165) is 33.7 Å². The molecule has 2 N–H and O–H groups in total. The van der Waals surface area contributed by atoms with E-state index < -0.39 is 0 Å². The molecule has 0 atom stereocenters. The van der Waals surface area contributed by atoms with Gasteiger partial charge in [0.15, 0.2) is 0 Å². The Morgan fingerprint density at radius 2 is 1.87 bits per heavy atom. The maximum Gasteiger partial charge on any atom is 0.225 e. The number of anilines is 1. The predicted molar refractivity (Wildman–Crippen MR) is 100 cm³/mol. The number of carbonyl (C=O) groups excluding carboxylic acids is 1. The second kappa shape index (κ2) is 9.06. The van der Waals surface area contributed by atoms with Gasteiger partial charge in [-0.2, -0.15) is 0 Å². The van der Waals surface area contributed by atoms with Crippen molar-refractivity contribution in [3.8, 4) is 0 Å². The van der Waals surface area contributed by atoms with Crippen LogP contribution in [0, 0.1) is 6.92 Å². The molecule has 23 heavy (non-hydrogen) atoms. The summed E-state index contributed by atoms with van der Waals surface area (Å²) in [7, 11) is 0. The van der Waals surface area contributed by atoms with Crippen molar-refractivity contribution in [1.82, 2.24) is 5.32 Å². The van der Waals surface area contributed by atoms with Crippen LogP contribution in [0.4, 0.5) is 5.69 Å². The van der Waals surface area contributed by atoms with E-state index in [1.165, 1.54) is 5.56 Å². The fourth-order valence-electron chi connectivity index (χ4n) is 2.14. The van der Waals surface area contributed by atoms with E-state index in [-0.39, 0.29) is 5.91 Å². The molecule has 0 bridgehead atoms. The van der Waals surface area contributed by atoms with Crippen LogP contribution in [0.1, 0.15) is 17.5 Å². The van der Waals surface area contributed by atoms with Crippen molar-refractivity contribution < 1.29 is 4.79 Å². The second-order valence-corrected chi connectivity index (χ2v) is 6.70. The molecule has 122 valence electrons. The summed E-state index contributed by atoms with van der Waals surface area (Å²) in [4.78, 5) is 11.9. The van der Waals surface area contributed by atoms with E-state index in [4.69, 9.17) is 11.6 Å². The maximum absolute atomic E-state index is 11.9. The summed E-state index contributed by atoms with van der Waals surface area (Å²) in [5.74, 6) is 0.00791. The first-order valence-electron chi connectivity index (χ1n) is 7.56. The lowest BCUT2D eigenvalue weighted by atomic mass is 10.1. The van der Waals surface area contributed by atoms with Gasteiger partial charge in [0, 0.05) is 22.5 Å². The lowest BCUT2D eigenvalue weighted by Gasteiger charge is -2.09. The Balaban J connectivity index is 1.65. The summed E-state index contributed by atoms with van der Waals surface area (Å²) >= 11 is 9.31. The Morgan fingerprint density at radius 1 is 1.13 bits per heavy atom. The SMILES string of the molecule is Cc1ccc(NC(=O)CCNCCc2ccc(Cl)cc2)c(Br)c1. The van der Waals surface area contributed by atoms with E-state index in [1.807, 2.05) is 49.4 Å². The zero-order valence-corrected chi connectivity index (χ0v) is 15.4. The monoisotopic (exact) mass is 394 g/mol. The van der Waals surface area contributed by atoms with Crippen LogP contribution in [0.2, 0.25) is 5.02 Å². The summed E-state index contributed by atoms with van der Waals surface area (Å²) in [5.41, 5.74) is 3.19. The van der Waals surface area contributed by atoms with Crippen LogP contribution in [0.5, 0.6) is 0 Å². The quantitative estimate of drug-likeness (QED) is 0.674. The average Bonchev–Trinajstić information content (AvgIpc) is 2.51. The largest absolute Gasteiger partial charge is 0.325 e. The Hall–Kier alpha value is -1.36. The molecule has 0 radical (unpaired) electrons. The molecule has 0 aliphatic rings. The number of amides is 1. The first kappa shape index (κ1) is 18.0. The molecule has 0 aromatic heterocycles. The van der Waals surface area contributed by atoms with Crippen molar-refractivity contribution in [3.05, 3.63) is 63.1 Å². The van der Waals surface area contributed by atoms with Gasteiger partial charge in [-0.1, -0.05) is 29.8 Å². The number of benzene rings is 2. The molecular formula is C18H20BrClN2O. The van der Waals surface area contributed by atoms with Gasteiger partial charge < -0.3 is 10.6 Å². The van der Waals surface area contributed by atoms with Crippen LogP contribution in [0.25, 0.3) is 0 Å². The molecule has 2 rings (SSSR count). The third-order valence-corrected chi connectivity index (χ3v) is 4.34. The van der Waals surface area contributed by atoms with Gasteiger partial charge in [0.05, 0.1) is 5.69 Å². The zero-order chi connectivity index (χ0) is 16.7. The molecular weight excluding hydrogens is 376 g/mol. The highest BCUT2D eigenvalue weighted by molar-refractivity contribution is 9.10. The summed E-state index contributed by atoms with van der Waals surface area (Å²) in [6.07, 6.45) is 1.36. The molecule has 0 unspecified atom stereocenters. The Kier molecular flexibility index (Phi) is 7.09. The second-order valence-electron chi connectivity index (χ2n) is 5.41. The van der Waals surface area contributed by atoms with Crippen LogP contribution >= 0.6 is 27.5 Å². The van der Waals surface area contributed by atoms with Crippen molar-refractivity contribution in [2.24, 2.45) is 0 Å². The third kappa shape index (κ3) is 6.34. The van der Waals surface area contributed by atoms with Crippen LogP contribution < -0.4 is 10.6 Å². The number of hydrogen-bond donors (Lipinski definition) is 2. The molecule has 5 heteroatoms. The molecule has 0 aliphatic heterocycles. The smallest absolute Gasteiger partial charge is 0.225 e. The Morgan fingerprint density at radius 3 is 2.57 bits per heavy atom. The normalized spacial score (nSPS) is 10.6. The molecule has 0 spiro atoms. The van der Waals surface area contributed by atoms with Crippen molar-refractivity contribution in [3.63, 3.8) is 0 Å². The van der Waals surface area contributed by atoms with Gasteiger partial charge in [0.1, 0.15) is 0 Å². The lowest BCUT2D eigenvalue weighted by Crippen LogP contribution is -2.23. The van der Waals surface area contributed by atoms with Gasteiger partial charge >= 0.3 is 0 Å². The fourth-order valence-corrected chi connectivity index (χ4v) is 2.86. The van der Waals surface area contributed by atoms with E-state index in [2.05, 4.69) is 26.6 Å². The number of rotatable bonds is 7. The predicted octanol–water partition coefficient (Wildman–Crippen LogP) is 4.57. The Labute approximate surface area is 150 Å². The van der Waals surface area contributed by atoms with Gasteiger partial charge in [0.25, 0.3) is 0 Å². The average molecular weight is 396 g/mol. The van der Waals surface area contributed by atoms with Crippen LogP contribution in [-0.2, 0) is 11.2 Å². The van der Waals surface area contributed by atoms with Gasteiger partial charge in [-0.3, -0.25) is 4.79 Å². The van der Waals surface area contributed by atoms with E-state index >= 15 is 0 Å². The standard InChI is InChI=1S/C18H20BrClN2O/c1-13-2-7-17(16(19)12-13)22-18(23)9-11-21-10-8-14-3-5-15(20)6-4-14/h2-7,12,21H,8-11H2,1H3,(H,22,23). The molecule has 2 aromatic rings. The van der Waals surface area contributed by atoms with Gasteiger partial charge in [-0.25, -0.2) is 0 Å². The number of carbonyl (C=O) groups is 1. The number of halogens is 2. The molecule has 0 saturated carbocycles. The van der Waals surface area contributed by atoms with Crippen LogP contribution in [0.3, 0.4) is 0 Å². The summed E-state index contributed by atoms with van der Waals surface area (Å²) < 4.78 is 0.904. The summed E-state index contributed by atoms with van der Waals surface area (Å²) in [5, 5.41) is 6.95. The Bertz CT molecular complexity index is 659. The molecule has 0 saturated heterocycles. The first-order chi connectivity index (χ1) is 11.0. The molecule has 0 aliphatic carbocycles. The highest BCUT2D eigenvalue weighted by Crippen LogP contribution is 2.23. The highest BCUT2D eigenvalue weighted by atomic mass is 79.9. The molecule has 2 aromatic carbocycles. The molecule has 0 heterocycles. The van der Waals surface area contributed by atoms with Crippen molar-refractivity contribution in [2.75, 3.05) is 18.4 Å². The minimum absolute atomic E-state index is 0.00791. The van der Waals surface area contributed by atoms with E-state index in [1.54, 1.807) is 0 Å². The van der Waals surface area contributed by atoms with E-state index in [0.29, 0.717) is 13.0 Å². The zero-order valence-electron chi connectivity index (χ0n) is 13.0. The molecule has 1 amide bonds. The summed E-state index contributed by atoms with van der Waals surface area (Å²) in [6, 6.07) is 13.7. The first-order valence-corrected chi connectivity index (χ1v) is 8.73. The summed E-state index contributed by atoms with van der Waals surface area (Å²) in [6.45, 7) is 3.51. The minimum Gasteiger partial charge on any atom is -0.325 e. The van der Waals surface area contributed by atoms with E-state index in [9.17, 15) is 4.79 Å².